The average molecular weight is 334 g/mol. The molecular weight excluding hydrogens is 312 g/mol. The van der Waals surface area contributed by atoms with E-state index in [1.165, 1.54) is 0 Å². The van der Waals surface area contributed by atoms with Crippen molar-refractivity contribution in [1.82, 2.24) is 4.90 Å². The maximum absolute atomic E-state index is 12.8. The lowest BCUT2D eigenvalue weighted by Gasteiger charge is -2.37. The maximum Gasteiger partial charge on any atom is 0.254 e. The molecule has 0 aromatic heterocycles. The first-order chi connectivity index (χ1) is 10.9. The molecule has 1 unspecified atom stereocenters. The van der Waals surface area contributed by atoms with Crippen molar-refractivity contribution in [3.8, 4) is 0 Å². The molecule has 0 N–H and O–H groups in total. The summed E-state index contributed by atoms with van der Waals surface area (Å²) in [6.45, 7) is 5.59. The Balaban J connectivity index is 1.80. The highest BCUT2D eigenvalue weighted by atomic mass is 32.2. The lowest BCUT2D eigenvalue weighted by molar-refractivity contribution is -0.117. The van der Waals surface area contributed by atoms with E-state index in [0.717, 1.165) is 12.1 Å². The van der Waals surface area contributed by atoms with E-state index in [2.05, 4.69) is 0 Å². The van der Waals surface area contributed by atoms with Crippen LogP contribution in [0.1, 0.15) is 37.0 Å². The summed E-state index contributed by atoms with van der Waals surface area (Å²) in [6.07, 6.45) is 1.44. The van der Waals surface area contributed by atoms with Crippen molar-refractivity contribution in [1.29, 1.82) is 0 Å². The van der Waals surface area contributed by atoms with Crippen LogP contribution in [0.25, 0.3) is 0 Å². The first-order valence-electron chi connectivity index (χ1n) is 7.97. The number of nitrogens with zero attached hydrogens (tertiary/aromatic N) is 2. The van der Waals surface area contributed by atoms with E-state index in [1.54, 1.807) is 21.9 Å². The second kappa shape index (κ2) is 6.07. The number of hydrogen-bond acceptors (Lipinski definition) is 3. The first-order valence-corrected chi connectivity index (χ1v) is 9.28. The van der Waals surface area contributed by atoms with E-state index in [-0.39, 0.29) is 16.6 Å². The topological polar surface area (TPSA) is 57.7 Å². The van der Waals surface area contributed by atoms with Crippen molar-refractivity contribution >= 4 is 28.3 Å². The minimum atomic E-state index is -0.902. The van der Waals surface area contributed by atoms with Gasteiger partial charge in [-0.25, -0.2) is 0 Å². The fourth-order valence-corrected chi connectivity index (χ4v) is 4.40. The molecule has 23 heavy (non-hydrogen) atoms. The molecule has 0 spiro atoms. The summed E-state index contributed by atoms with van der Waals surface area (Å²) >= 11 is 0. The number of carbonyl (C=O) groups excluding carboxylic acids is 2. The molecule has 0 radical (unpaired) electrons. The summed E-state index contributed by atoms with van der Waals surface area (Å²) < 4.78 is 11.6. The summed E-state index contributed by atoms with van der Waals surface area (Å²) in [7, 11) is -0.902. The third kappa shape index (κ3) is 3.17. The van der Waals surface area contributed by atoms with Gasteiger partial charge >= 0.3 is 0 Å². The van der Waals surface area contributed by atoms with E-state index >= 15 is 0 Å². The monoisotopic (exact) mass is 334 g/mol. The van der Waals surface area contributed by atoms with Crippen molar-refractivity contribution < 1.29 is 13.8 Å². The molecule has 2 amide bonds. The van der Waals surface area contributed by atoms with Crippen molar-refractivity contribution in [3.63, 3.8) is 0 Å². The van der Waals surface area contributed by atoms with Crippen LogP contribution in [0.3, 0.4) is 0 Å². The molecule has 5 nitrogen and oxygen atoms in total. The Kier molecular flexibility index (Phi) is 4.27. The van der Waals surface area contributed by atoms with Crippen molar-refractivity contribution in [2.24, 2.45) is 0 Å². The second-order valence-corrected chi connectivity index (χ2v) is 8.94. The molecule has 0 aliphatic carbocycles. The Bertz CT molecular complexity index is 672. The molecular formula is C17H22N2O3S. The lowest BCUT2D eigenvalue weighted by Crippen LogP contribution is -2.52. The van der Waals surface area contributed by atoms with Crippen LogP contribution in [0, 0.1) is 0 Å². The summed E-state index contributed by atoms with van der Waals surface area (Å²) in [6, 6.07) is 7.27. The molecule has 6 heteroatoms. The molecule has 124 valence electrons. The lowest BCUT2D eigenvalue weighted by atomic mass is 10.1. The molecule has 2 fully saturated rings. The maximum atomic E-state index is 12.8. The summed E-state index contributed by atoms with van der Waals surface area (Å²) in [4.78, 5) is 28.2. The Labute approximate surface area is 139 Å². The predicted molar refractivity (Wildman–Crippen MR) is 91.0 cm³/mol. The SMILES string of the molecule is CC1(C)CN(C(=O)c2cccc(N3CCCC3=O)c2)CCS1=O. The zero-order valence-electron chi connectivity index (χ0n) is 13.6. The minimum Gasteiger partial charge on any atom is -0.336 e. The van der Waals surface area contributed by atoms with Crippen molar-refractivity contribution in [3.05, 3.63) is 29.8 Å². The van der Waals surface area contributed by atoms with E-state index in [9.17, 15) is 13.8 Å². The predicted octanol–water partition coefficient (Wildman–Crippen LogP) is 1.80. The zero-order valence-corrected chi connectivity index (χ0v) is 14.4. The van der Waals surface area contributed by atoms with Gasteiger partial charge in [0.2, 0.25) is 5.91 Å². The van der Waals surface area contributed by atoms with Gasteiger partial charge in [-0.2, -0.15) is 0 Å². The van der Waals surface area contributed by atoms with E-state index < -0.39 is 10.8 Å². The van der Waals surface area contributed by atoms with Crippen LogP contribution in [0.5, 0.6) is 0 Å². The van der Waals surface area contributed by atoms with Gasteiger partial charge in [-0.05, 0) is 38.5 Å². The van der Waals surface area contributed by atoms with Gasteiger partial charge in [0.05, 0.1) is 4.75 Å². The van der Waals surface area contributed by atoms with Crippen LogP contribution < -0.4 is 4.90 Å². The quantitative estimate of drug-likeness (QED) is 0.829. The summed E-state index contributed by atoms with van der Waals surface area (Å²) in [5, 5.41) is 0. The van der Waals surface area contributed by atoms with Crippen molar-refractivity contribution in [2.75, 3.05) is 30.3 Å². The Morgan fingerprint density at radius 1 is 1.26 bits per heavy atom. The van der Waals surface area contributed by atoms with E-state index in [0.29, 0.717) is 37.4 Å². The molecule has 1 aromatic rings. The highest BCUT2D eigenvalue weighted by molar-refractivity contribution is 7.86. The normalized spacial score (nSPS) is 24.1. The average Bonchev–Trinajstić information content (AvgIpc) is 2.95. The van der Waals surface area contributed by atoms with E-state index in [4.69, 9.17) is 0 Å². The smallest absolute Gasteiger partial charge is 0.254 e. The van der Waals surface area contributed by atoms with Gasteiger partial charge in [-0.15, -0.1) is 0 Å². The van der Waals surface area contributed by atoms with Crippen LogP contribution in [0.2, 0.25) is 0 Å². The zero-order chi connectivity index (χ0) is 16.6. The summed E-state index contributed by atoms with van der Waals surface area (Å²) in [5.41, 5.74) is 1.38. The number of anilines is 1. The number of benzene rings is 1. The largest absolute Gasteiger partial charge is 0.336 e. The number of rotatable bonds is 2. The Morgan fingerprint density at radius 2 is 2.04 bits per heavy atom. The van der Waals surface area contributed by atoms with Gasteiger partial charge in [0.15, 0.2) is 0 Å². The molecule has 2 heterocycles. The second-order valence-electron chi connectivity index (χ2n) is 6.74. The molecule has 1 atom stereocenters. The third-order valence-corrected chi connectivity index (χ3v) is 6.42. The van der Waals surface area contributed by atoms with Crippen LogP contribution in [0.15, 0.2) is 24.3 Å². The van der Waals surface area contributed by atoms with Gasteiger partial charge in [0.25, 0.3) is 5.91 Å². The molecule has 2 saturated heterocycles. The Hall–Kier alpha value is -1.69. The highest BCUT2D eigenvalue weighted by Crippen LogP contribution is 2.25. The van der Waals surface area contributed by atoms with Crippen LogP contribution in [0.4, 0.5) is 5.69 Å². The molecule has 0 bridgehead atoms. The van der Waals surface area contributed by atoms with Gasteiger partial charge in [-0.1, -0.05) is 6.07 Å². The Morgan fingerprint density at radius 3 is 2.70 bits per heavy atom. The van der Waals surface area contributed by atoms with Crippen LogP contribution in [-0.4, -0.2) is 51.1 Å². The van der Waals surface area contributed by atoms with E-state index in [1.807, 2.05) is 26.0 Å². The van der Waals surface area contributed by atoms with Crippen LogP contribution in [-0.2, 0) is 15.6 Å². The molecule has 1 aromatic carbocycles. The molecule has 3 rings (SSSR count). The van der Waals surface area contributed by atoms with Gasteiger partial charge in [-0.3, -0.25) is 13.8 Å². The van der Waals surface area contributed by atoms with Crippen LogP contribution >= 0.6 is 0 Å². The van der Waals surface area contributed by atoms with Gasteiger partial charge in [0.1, 0.15) is 0 Å². The standard InChI is InChI=1S/C17H22N2O3S/c1-17(2)12-18(9-10-23(17)22)16(21)13-5-3-6-14(11-13)19-8-4-7-15(19)20/h3,5-6,11H,4,7-10,12H2,1-2H3. The fraction of sp³-hybridized carbons (Fsp3) is 0.529. The first kappa shape index (κ1) is 16.2. The number of amides is 2. The molecule has 2 aliphatic rings. The fourth-order valence-electron chi connectivity index (χ4n) is 3.16. The highest BCUT2D eigenvalue weighted by Gasteiger charge is 2.35. The third-order valence-electron chi connectivity index (χ3n) is 4.50. The molecule has 2 aliphatic heterocycles. The van der Waals surface area contributed by atoms with Gasteiger partial charge < -0.3 is 9.80 Å². The number of hydrogen-bond donors (Lipinski definition) is 0. The van der Waals surface area contributed by atoms with Gasteiger partial charge in [0, 0.05) is 53.9 Å². The molecule has 0 saturated carbocycles. The van der Waals surface area contributed by atoms with Crippen molar-refractivity contribution in [2.45, 2.75) is 31.4 Å². The summed E-state index contributed by atoms with van der Waals surface area (Å²) in [5.74, 6) is 0.579. The number of carbonyl (C=O) groups is 2. The minimum absolute atomic E-state index is 0.0525.